The zero-order valence-corrected chi connectivity index (χ0v) is 11.0. The van der Waals surface area contributed by atoms with Crippen molar-refractivity contribution in [1.82, 2.24) is 4.90 Å². The quantitative estimate of drug-likeness (QED) is 0.728. The maximum Gasteiger partial charge on any atom is 0.410 e. The van der Waals surface area contributed by atoms with E-state index in [4.69, 9.17) is 15.6 Å². The number of ether oxygens (including phenoxy) is 1. The van der Waals surface area contributed by atoms with Gasteiger partial charge in [0.15, 0.2) is 0 Å². The molecule has 7 heteroatoms. The first-order chi connectivity index (χ1) is 7.20. The molecule has 0 aliphatic carbocycles. The number of likely N-dealkylation sites (tertiary alicyclic amines) is 1. The summed E-state index contributed by atoms with van der Waals surface area (Å²) in [6, 6.07) is -0.523. The molecule has 1 heterocycles. The summed E-state index contributed by atoms with van der Waals surface area (Å²) in [5.41, 5.74) is 5.06. The number of carbonyl (C=O) groups is 2. The Morgan fingerprint density at radius 3 is 2.24 bits per heavy atom. The van der Waals surface area contributed by atoms with Crippen molar-refractivity contribution < 1.29 is 19.4 Å². The van der Waals surface area contributed by atoms with Crippen LogP contribution in [0.15, 0.2) is 0 Å². The Labute approximate surface area is 107 Å². The van der Waals surface area contributed by atoms with E-state index in [1.165, 1.54) is 4.90 Å². The van der Waals surface area contributed by atoms with Crippen molar-refractivity contribution in [2.75, 3.05) is 13.1 Å². The maximum atomic E-state index is 11.6. The summed E-state index contributed by atoms with van der Waals surface area (Å²) >= 11 is 0. The Kier molecular flexibility index (Phi) is 5.22. The van der Waals surface area contributed by atoms with Gasteiger partial charge >= 0.3 is 12.1 Å². The fourth-order valence-corrected chi connectivity index (χ4v) is 1.57. The third-order valence-corrected chi connectivity index (χ3v) is 2.33. The van der Waals surface area contributed by atoms with Gasteiger partial charge in [0.2, 0.25) is 0 Å². The zero-order valence-electron chi connectivity index (χ0n) is 10.2. The van der Waals surface area contributed by atoms with Crippen molar-refractivity contribution >= 4 is 24.5 Å². The lowest BCUT2D eigenvalue weighted by Gasteiger charge is -2.24. The molecule has 3 N–H and O–H groups in total. The number of carboxylic acids is 1. The van der Waals surface area contributed by atoms with E-state index in [2.05, 4.69) is 0 Å². The fourth-order valence-electron chi connectivity index (χ4n) is 1.57. The molecule has 0 aromatic rings. The highest BCUT2D eigenvalue weighted by Crippen LogP contribution is 2.18. The number of carboxylic acid groups (broad SMARTS) is 1. The number of nitrogens with two attached hydrogens (primary N) is 1. The average Bonchev–Trinajstić information content (AvgIpc) is 2.44. The Bertz CT molecular complexity index is 303. The van der Waals surface area contributed by atoms with Crippen LogP contribution in [0.4, 0.5) is 4.79 Å². The number of hydrogen-bond acceptors (Lipinski definition) is 4. The molecule has 2 atom stereocenters. The lowest BCUT2D eigenvalue weighted by atomic mass is 10.1. The van der Waals surface area contributed by atoms with Crippen molar-refractivity contribution in [2.24, 2.45) is 11.7 Å². The minimum atomic E-state index is -0.974. The van der Waals surface area contributed by atoms with Crippen LogP contribution in [0.3, 0.4) is 0 Å². The van der Waals surface area contributed by atoms with Crippen molar-refractivity contribution in [3.63, 3.8) is 0 Å². The van der Waals surface area contributed by atoms with Gasteiger partial charge in [-0.05, 0) is 20.8 Å². The molecule has 1 rings (SSSR count). The van der Waals surface area contributed by atoms with E-state index in [1.807, 2.05) is 0 Å². The first-order valence-corrected chi connectivity index (χ1v) is 5.17. The standard InChI is InChI=1S/C10H18N2O4.ClH/c1-10(2,3)16-9(15)12-4-6(8(13)14)7(11)5-12;/h6-7H,4-5,11H2,1-3H3,(H,13,14);1H/t6-,7-;/m0./s1. The SMILES string of the molecule is CC(C)(C)OC(=O)N1C[C@H](C(=O)O)[C@@H](N)C1.Cl. The molecule has 1 amide bonds. The molecule has 0 radical (unpaired) electrons. The topological polar surface area (TPSA) is 92.9 Å². The molecule has 0 aromatic carbocycles. The van der Waals surface area contributed by atoms with Gasteiger partial charge in [0.25, 0.3) is 0 Å². The summed E-state index contributed by atoms with van der Waals surface area (Å²) in [5, 5.41) is 8.86. The van der Waals surface area contributed by atoms with Gasteiger partial charge in [0, 0.05) is 19.1 Å². The van der Waals surface area contributed by atoms with Crippen molar-refractivity contribution in [1.29, 1.82) is 0 Å². The molecule has 0 spiro atoms. The minimum absolute atomic E-state index is 0. The summed E-state index contributed by atoms with van der Waals surface area (Å²) in [6.07, 6.45) is -0.508. The molecule has 17 heavy (non-hydrogen) atoms. The van der Waals surface area contributed by atoms with Crippen LogP contribution in [0.25, 0.3) is 0 Å². The van der Waals surface area contributed by atoms with Gasteiger partial charge in [-0.15, -0.1) is 12.4 Å². The van der Waals surface area contributed by atoms with Gasteiger partial charge in [0.1, 0.15) is 5.60 Å². The Balaban J connectivity index is 0.00000256. The van der Waals surface area contributed by atoms with Crippen LogP contribution in [0.1, 0.15) is 20.8 Å². The third-order valence-electron chi connectivity index (χ3n) is 2.33. The number of amides is 1. The molecule has 0 unspecified atom stereocenters. The van der Waals surface area contributed by atoms with Gasteiger partial charge in [0.05, 0.1) is 5.92 Å². The molecule has 0 bridgehead atoms. The lowest BCUT2D eigenvalue weighted by Crippen LogP contribution is -2.36. The summed E-state index contributed by atoms with van der Waals surface area (Å²) in [7, 11) is 0. The summed E-state index contributed by atoms with van der Waals surface area (Å²) < 4.78 is 5.14. The summed E-state index contributed by atoms with van der Waals surface area (Å²) in [5.74, 6) is -1.67. The van der Waals surface area contributed by atoms with E-state index in [0.29, 0.717) is 0 Å². The average molecular weight is 267 g/mol. The van der Waals surface area contributed by atoms with Crippen molar-refractivity contribution in [3.8, 4) is 0 Å². The largest absolute Gasteiger partial charge is 0.481 e. The van der Waals surface area contributed by atoms with Crippen molar-refractivity contribution in [2.45, 2.75) is 32.4 Å². The Hall–Kier alpha value is -1.01. The van der Waals surface area contributed by atoms with E-state index in [0.717, 1.165) is 0 Å². The highest BCUT2D eigenvalue weighted by molar-refractivity contribution is 5.85. The van der Waals surface area contributed by atoms with E-state index in [-0.39, 0.29) is 25.5 Å². The Morgan fingerprint density at radius 1 is 1.35 bits per heavy atom. The smallest absolute Gasteiger partial charge is 0.410 e. The molecule has 6 nitrogen and oxygen atoms in total. The lowest BCUT2D eigenvalue weighted by molar-refractivity contribution is -0.141. The molecule has 0 aromatic heterocycles. The summed E-state index contributed by atoms with van der Waals surface area (Å²) in [6.45, 7) is 5.62. The van der Waals surface area contributed by atoms with Gasteiger partial charge in [-0.25, -0.2) is 4.79 Å². The number of carbonyl (C=O) groups excluding carboxylic acids is 1. The first-order valence-electron chi connectivity index (χ1n) is 5.17. The van der Waals surface area contributed by atoms with Crippen LogP contribution in [0, 0.1) is 5.92 Å². The molecule has 100 valence electrons. The monoisotopic (exact) mass is 266 g/mol. The highest BCUT2D eigenvalue weighted by Gasteiger charge is 2.39. The van der Waals surface area contributed by atoms with Gasteiger partial charge in [-0.2, -0.15) is 0 Å². The van der Waals surface area contributed by atoms with Gasteiger partial charge in [-0.1, -0.05) is 0 Å². The normalized spacial score (nSPS) is 24.1. The second-order valence-corrected chi connectivity index (χ2v) is 4.99. The molecule has 1 saturated heterocycles. The molecular weight excluding hydrogens is 248 g/mol. The second-order valence-electron chi connectivity index (χ2n) is 4.99. The van der Waals surface area contributed by atoms with Crippen LogP contribution >= 0.6 is 12.4 Å². The number of hydrogen-bond donors (Lipinski definition) is 2. The van der Waals surface area contributed by atoms with Gasteiger partial charge in [-0.3, -0.25) is 4.79 Å². The first kappa shape index (κ1) is 16.0. The minimum Gasteiger partial charge on any atom is -0.481 e. The molecular formula is C10H19ClN2O4. The number of aliphatic carboxylic acids is 1. The predicted octanol–water partition coefficient (Wildman–Crippen LogP) is 0.687. The van der Waals surface area contributed by atoms with Crippen LogP contribution in [0.5, 0.6) is 0 Å². The molecule has 1 aliphatic heterocycles. The van der Waals surface area contributed by atoms with Crippen LogP contribution in [-0.4, -0.2) is 46.8 Å². The highest BCUT2D eigenvalue weighted by atomic mass is 35.5. The molecule has 1 fully saturated rings. The number of rotatable bonds is 1. The third kappa shape index (κ3) is 4.40. The van der Waals surface area contributed by atoms with Crippen LogP contribution in [0.2, 0.25) is 0 Å². The van der Waals surface area contributed by atoms with E-state index < -0.39 is 29.6 Å². The van der Waals surface area contributed by atoms with Crippen LogP contribution in [-0.2, 0) is 9.53 Å². The molecule has 1 aliphatic rings. The fraction of sp³-hybridized carbons (Fsp3) is 0.800. The van der Waals surface area contributed by atoms with Gasteiger partial charge < -0.3 is 20.5 Å². The molecule has 0 saturated carbocycles. The number of nitrogens with zero attached hydrogens (tertiary/aromatic N) is 1. The maximum absolute atomic E-state index is 11.6. The van der Waals surface area contributed by atoms with E-state index >= 15 is 0 Å². The zero-order chi connectivity index (χ0) is 12.5. The Morgan fingerprint density at radius 2 is 1.88 bits per heavy atom. The van der Waals surface area contributed by atoms with Crippen molar-refractivity contribution in [3.05, 3.63) is 0 Å². The second kappa shape index (κ2) is 5.55. The van der Waals surface area contributed by atoms with E-state index in [9.17, 15) is 9.59 Å². The van der Waals surface area contributed by atoms with Crippen LogP contribution < -0.4 is 5.73 Å². The predicted molar refractivity (Wildman–Crippen MR) is 64.2 cm³/mol. The summed E-state index contributed by atoms with van der Waals surface area (Å²) in [4.78, 5) is 23.8. The number of halogens is 1. The van der Waals surface area contributed by atoms with E-state index in [1.54, 1.807) is 20.8 Å².